The van der Waals surface area contributed by atoms with Crippen molar-refractivity contribution < 1.29 is 9.53 Å². The van der Waals surface area contributed by atoms with E-state index in [0.29, 0.717) is 13.0 Å². The van der Waals surface area contributed by atoms with Crippen LogP contribution >= 0.6 is 0 Å². The highest BCUT2D eigenvalue weighted by Gasteiger charge is 2.19. The van der Waals surface area contributed by atoms with E-state index in [4.69, 9.17) is 4.74 Å². The number of carbonyl (C=O) groups excluding carboxylic acids is 1. The number of nitrogens with zero attached hydrogens (tertiary/aromatic N) is 1. The van der Waals surface area contributed by atoms with Gasteiger partial charge in [-0.15, -0.1) is 5.92 Å². The van der Waals surface area contributed by atoms with Crippen LogP contribution in [0.4, 0.5) is 0 Å². The highest BCUT2D eigenvalue weighted by atomic mass is 16.5. The van der Waals surface area contributed by atoms with Crippen LogP contribution in [0, 0.1) is 11.8 Å². The molecular formula is C12H20N2O2. The fourth-order valence-corrected chi connectivity index (χ4v) is 1.59. The second-order valence-electron chi connectivity index (χ2n) is 3.81. The van der Waals surface area contributed by atoms with E-state index in [2.05, 4.69) is 22.1 Å². The molecule has 1 aliphatic rings. The van der Waals surface area contributed by atoms with E-state index in [1.165, 1.54) is 0 Å². The van der Waals surface area contributed by atoms with Gasteiger partial charge < -0.3 is 10.1 Å². The highest BCUT2D eigenvalue weighted by molar-refractivity contribution is 5.75. The predicted octanol–water partition coefficient (Wildman–Crippen LogP) is 0.237. The first-order valence-electron chi connectivity index (χ1n) is 5.76. The third-order valence-electron chi connectivity index (χ3n) is 2.55. The summed E-state index contributed by atoms with van der Waals surface area (Å²) in [4.78, 5) is 13.4. The molecule has 1 unspecified atom stereocenters. The summed E-state index contributed by atoms with van der Waals surface area (Å²) in [6.45, 7) is 7.57. The maximum absolute atomic E-state index is 11.1. The molecule has 1 fully saturated rings. The Hall–Kier alpha value is -1.05. The van der Waals surface area contributed by atoms with Crippen molar-refractivity contribution in [3.8, 4) is 11.8 Å². The van der Waals surface area contributed by atoms with Crippen LogP contribution < -0.4 is 5.32 Å². The number of hydrogen-bond donors (Lipinski definition) is 1. The van der Waals surface area contributed by atoms with Crippen LogP contribution in [0.1, 0.15) is 20.3 Å². The Bertz CT molecular complexity index is 280. The summed E-state index contributed by atoms with van der Waals surface area (Å²) in [5.74, 6) is 6.01. The lowest BCUT2D eigenvalue weighted by Gasteiger charge is -2.31. The molecule has 1 heterocycles. The Morgan fingerprint density at radius 2 is 2.44 bits per heavy atom. The first-order valence-corrected chi connectivity index (χ1v) is 5.76. The van der Waals surface area contributed by atoms with Crippen LogP contribution in [0.3, 0.4) is 0 Å². The van der Waals surface area contributed by atoms with Crippen molar-refractivity contribution in [2.75, 3.05) is 32.8 Å². The lowest BCUT2D eigenvalue weighted by molar-refractivity contribution is -0.121. The van der Waals surface area contributed by atoms with Crippen molar-refractivity contribution in [3.05, 3.63) is 0 Å². The zero-order valence-corrected chi connectivity index (χ0v) is 10.1. The normalized spacial score (nSPS) is 21.0. The van der Waals surface area contributed by atoms with Crippen molar-refractivity contribution in [2.24, 2.45) is 0 Å². The Labute approximate surface area is 97.3 Å². The second-order valence-corrected chi connectivity index (χ2v) is 3.81. The summed E-state index contributed by atoms with van der Waals surface area (Å²) in [6, 6.07) is 0. The van der Waals surface area contributed by atoms with Crippen LogP contribution in [-0.2, 0) is 9.53 Å². The maximum atomic E-state index is 11.1. The zero-order valence-electron chi connectivity index (χ0n) is 10.1. The lowest BCUT2D eigenvalue weighted by Crippen LogP contribution is -2.47. The van der Waals surface area contributed by atoms with E-state index in [-0.39, 0.29) is 12.0 Å². The van der Waals surface area contributed by atoms with Crippen LogP contribution in [0.5, 0.6) is 0 Å². The summed E-state index contributed by atoms with van der Waals surface area (Å²) < 4.78 is 5.58. The number of hydrogen-bond acceptors (Lipinski definition) is 3. The zero-order chi connectivity index (χ0) is 11.8. The quantitative estimate of drug-likeness (QED) is 0.695. The average molecular weight is 224 g/mol. The molecule has 16 heavy (non-hydrogen) atoms. The van der Waals surface area contributed by atoms with E-state index >= 15 is 0 Å². The van der Waals surface area contributed by atoms with Crippen LogP contribution in [0.25, 0.3) is 0 Å². The number of nitrogens with one attached hydrogen (secondary N) is 1. The number of rotatable bonds is 4. The maximum Gasteiger partial charge on any atom is 0.219 e. The van der Waals surface area contributed by atoms with Gasteiger partial charge in [0.1, 0.15) is 0 Å². The molecule has 0 bridgehead atoms. The molecule has 1 atom stereocenters. The minimum absolute atomic E-state index is 0.0778. The van der Waals surface area contributed by atoms with Gasteiger partial charge in [-0.05, 0) is 6.92 Å². The number of amides is 1. The van der Waals surface area contributed by atoms with Crippen molar-refractivity contribution in [2.45, 2.75) is 26.4 Å². The summed E-state index contributed by atoms with van der Waals surface area (Å²) in [6.07, 6.45) is 0.625. The van der Waals surface area contributed by atoms with Crippen LogP contribution in [-0.4, -0.2) is 49.7 Å². The summed E-state index contributed by atoms with van der Waals surface area (Å²) in [5, 5.41) is 2.85. The van der Waals surface area contributed by atoms with E-state index in [0.717, 1.165) is 26.2 Å². The largest absolute Gasteiger partial charge is 0.374 e. The predicted molar refractivity (Wildman–Crippen MR) is 62.9 cm³/mol. The molecule has 0 aliphatic carbocycles. The van der Waals surface area contributed by atoms with Gasteiger partial charge in [-0.25, -0.2) is 0 Å². The van der Waals surface area contributed by atoms with Gasteiger partial charge in [0, 0.05) is 26.1 Å². The molecule has 1 amide bonds. The minimum Gasteiger partial charge on any atom is -0.374 e. The molecule has 4 nitrogen and oxygen atoms in total. The fraction of sp³-hybridized carbons (Fsp3) is 0.750. The fourth-order valence-electron chi connectivity index (χ4n) is 1.59. The lowest BCUT2D eigenvalue weighted by atomic mass is 10.2. The molecule has 0 radical (unpaired) electrons. The summed E-state index contributed by atoms with van der Waals surface area (Å²) in [5.41, 5.74) is 0. The molecule has 1 N–H and O–H groups in total. The first kappa shape index (κ1) is 13.0. The minimum atomic E-state index is 0.0778. The Morgan fingerprint density at radius 1 is 1.62 bits per heavy atom. The molecule has 0 aromatic carbocycles. The van der Waals surface area contributed by atoms with Gasteiger partial charge in [0.15, 0.2) is 0 Å². The van der Waals surface area contributed by atoms with Crippen molar-refractivity contribution >= 4 is 5.91 Å². The van der Waals surface area contributed by atoms with E-state index in [1.54, 1.807) is 0 Å². The van der Waals surface area contributed by atoms with Gasteiger partial charge in [-0.1, -0.05) is 12.8 Å². The average Bonchev–Trinajstić information content (AvgIpc) is 2.34. The molecule has 1 rings (SSSR count). The second kappa shape index (κ2) is 7.26. The summed E-state index contributed by atoms with van der Waals surface area (Å²) >= 11 is 0. The molecule has 90 valence electrons. The van der Waals surface area contributed by atoms with Gasteiger partial charge >= 0.3 is 0 Å². The van der Waals surface area contributed by atoms with Gasteiger partial charge in [-0.3, -0.25) is 9.69 Å². The van der Waals surface area contributed by atoms with Crippen LogP contribution in [0.2, 0.25) is 0 Å². The molecular weight excluding hydrogens is 204 g/mol. The molecule has 4 heteroatoms. The van der Waals surface area contributed by atoms with Gasteiger partial charge in [0.2, 0.25) is 5.91 Å². The number of ether oxygens (including phenoxy) is 1. The van der Waals surface area contributed by atoms with Crippen molar-refractivity contribution in [1.82, 2.24) is 10.2 Å². The Balaban J connectivity index is 2.26. The Morgan fingerprint density at radius 3 is 3.12 bits per heavy atom. The van der Waals surface area contributed by atoms with Gasteiger partial charge in [0.25, 0.3) is 0 Å². The van der Waals surface area contributed by atoms with Crippen molar-refractivity contribution in [3.63, 3.8) is 0 Å². The Kier molecular flexibility index (Phi) is 5.91. The topological polar surface area (TPSA) is 41.6 Å². The van der Waals surface area contributed by atoms with Gasteiger partial charge in [0.05, 0.1) is 19.3 Å². The third-order valence-corrected chi connectivity index (χ3v) is 2.55. The number of carbonyl (C=O) groups is 1. The monoisotopic (exact) mass is 224 g/mol. The molecule has 0 saturated carbocycles. The van der Waals surface area contributed by atoms with E-state index in [9.17, 15) is 4.79 Å². The van der Waals surface area contributed by atoms with E-state index in [1.807, 2.05) is 13.8 Å². The molecule has 1 saturated heterocycles. The molecule has 1 aliphatic heterocycles. The molecule has 0 spiro atoms. The molecule has 0 aromatic rings. The van der Waals surface area contributed by atoms with Crippen LogP contribution in [0.15, 0.2) is 0 Å². The number of morpholine rings is 1. The van der Waals surface area contributed by atoms with Crippen molar-refractivity contribution in [1.29, 1.82) is 0 Å². The standard InChI is InChI=1S/C12H20N2O2/c1-3-5-6-14-7-8-16-11(10-14)9-13-12(15)4-2/h11H,4,6-10H2,1-2H3,(H,13,15). The van der Waals surface area contributed by atoms with E-state index < -0.39 is 0 Å². The third kappa shape index (κ3) is 4.65. The summed E-state index contributed by atoms with van der Waals surface area (Å²) in [7, 11) is 0. The smallest absolute Gasteiger partial charge is 0.219 e. The van der Waals surface area contributed by atoms with Gasteiger partial charge in [-0.2, -0.15) is 0 Å². The highest BCUT2D eigenvalue weighted by Crippen LogP contribution is 2.03. The SMILES string of the molecule is CC#CCN1CCOC(CNC(=O)CC)C1. The first-order chi connectivity index (χ1) is 7.76. The molecule has 0 aromatic heterocycles.